The number of likely N-dealkylation sites (tertiary alicyclic amines) is 1. The van der Waals surface area contributed by atoms with Crippen molar-refractivity contribution in [2.45, 2.75) is 68.1 Å². The molecule has 13 nitrogen and oxygen atoms in total. The monoisotopic (exact) mass is 510 g/mol. The highest BCUT2D eigenvalue weighted by Gasteiger charge is 2.73. The molecule has 1 spiro atoms. The quantitative estimate of drug-likeness (QED) is 0.187. The van der Waals surface area contributed by atoms with E-state index in [1.807, 2.05) is 12.1 Å². The van der Waals surface area contributed by atoms with Gasteiger partial charge in [0, 0.05) is 24.9 Å². The molecule has 8 N–H and O–H groups in total. The SMILES string of the molecule is NC1=NC2[C@H](CN3C(=O)CCC3=O)N=C(N)N3CC(NC(=O)c4cccc5c4CCCC5)C(O)(O)C23N1. The first-order valence-electron chi connectivity index (χ1n) is 12.6. The van der Waals surface area contributed by atoms with Gasteiger partial charge in [-0.1, -0.05) is 12.1 Å². The molecule has 13 heteroatoms. The van der Waals surface area contributed by atoms with Crippen LogP contribution in [0.25, 0.3) is 0 Å². The Balaban J connectivity index is 1.31. The van der Waals surface area contributed by atoms with Gasteiger partial charge >= 0.3 is 0 Å². The molecule has 196 valence electrons. The van der Waals surface area contributed by atoms with E-state index in [2.05, 4.69) is 20.6 Å². The van der Waals surface area contributed by atoms with Crippen LogP contribution in [0, 0.1) is 0 Å². The maximum absolute atomic E-state index is 13.4. The Labute approximate surface area is 212 Å². The van der Waals surface area contributed by atoms with E-state index in [1.54, 1.807) is 6.07 Å². The summed E-state index contributed by atoms with van der Waals surface area (Å²) in [6.07, 6.45) is 3.96. The number of aliphatic hydroxyl groups is 2. The molecule has 2 saturated heterocycles. The summed E-state index contributed by atoms with van der Waals surface area (Å²) in [6.45, 7) is -0.204. The minimum absolute atomic E-state index is 0.0425. The number of imide groups is 1. The number of fused-ring (bicyclic) bond motifs is 1. The Hall–Kier alpha value is -3.71. The van der Waals surface area contributed by atoms with Crippen molar-refractivity contribution in [2.24, 2.45) is 21.5 Å². The number of aliphatic imine (C=N–C) groups is 2. The molecule has 0 saturated carbocycles. The molecule has 2 fully saturated rings. The number of aryl methyl sites for hydroxylation is 1. The Morgan fingerprint density at radius 1 is 1.11 bits per heavy atom. The summed E-state index contributed by atoms with van der Waals surface area (Å²) in [5.41, 5.74) is 13.2. The molecule has 1 aliphatic carbocycles. The Morgan fingerprint density at radius 3 is 2.59 bits per heavy atom. The summed E-state index contributed by atoms with van der Waals surface area (Å²) in [7, 11) is 0. The van der Waals surface area contributed by atoms with E-state index in [4.69, 9.17) is 11.5 Å². The van der Waals surface area contributed by atoms with Crippen LogP contribution in [-0.2, 0) is 22.4 Å². The number of carbonyl (C=O) groups is 3. The number of hydrogen-bond donors (Lipinski definition) is 6. The van der Waals surface area contributed by atoms with Crippen molar-refractivity contribution < 1.29 is 24.6 Å². The van der Waals surface area contributed by atoms with E-state index in [1.165, 1.54) is 4.90 Å². The summed E-state index contributed by atoms with van der Waals surface area (Å²) in [5.74, 6) is -3.79. The lowest BCUT2D eigenvalue weighted by molar-refractivity contribution is -0.230. The lowest BCUT2D eigenvalue weighted by Gasteiger charge is -2.49. The van der Waals surface area contributed by atoms with Gasteiger partial charge in [0.25, 0.3) is 5.91 Å². The minimum Gasteiger partial charge on any atom is -0.370 e. The van der Waals surface area contributed by atoms with Crippen molar-refractivity contribution in [1.82, 2.24) is 20.4 Å². The zero-order valence-corrected chi connectivity index (χ0v) is 20.2. The number of nitrogens with one attached hydrogen (secondary N) is 2. The third kappa shape index (κ3) is 3.33. The second-order valence-corrected chi connectivity index (χ2v) is 10.3. The van der Waals surface area contributed by atoms with Crippen molar-refractivity contribution in [2.75, 3.05) is 13.1 Å². The number of nitrogens with two attached hydrogens (primary N) is 2. The molecule has 5 aliphatic rings. The first kappa shape index (κ1) is 23.7. The van der Waals surface area contributed by atoms with Crippen LogP contribution in [-0.4, -0.2) is 92.3 Å². The zero-order valence-electron chi connectivity index (χ0n) is 20.2. The summed E-state index contributed by atoms with van der Waals surface area (Å²) >= 11 is 0. The molecule has 1 aromatic carbocycles. The van der Waals surface area contributed by atoms with Crippen molar-refractivity contribution in [1.29, 1.82) is 0 Å². The van der Waals surface area contributed by atoms with Gasteiger partial charge < -0.3 is 37.2 Å². The van der Waals surface area contributed by atoms with Crippen LogP contribution in [0.1, 0.15) is 47.2 Å². The smallest absolute Gasteiger partial charge is 0.252 e. The lowest BCUT2D eigenvalue weighted by Crippen LogP contribution is -2.78. The molecule has 4 heterocycles. The van der Waals surface area contributed by atoms with Crippen LogP contribution in [0.15, 0.2) is 28.2 Å². The number of benzene rings is 1. The first-order valence-corrected chi connectivity index (χ1v) is 12.6. The van der Waals surface area contributed by atoms with Gasteiger partial charge in [-0.05, 0) is 42.9 Å². The molecule has 0 aromatic heterocycles. The van der Waals surface area contributed by atoms with Crippen molar-refractivity contribution in [3.63, 3.8) is 0 Å². The Bertz CT molecular complexity index is 1250. The summed E-state index contributed by atoms with van der Waals surface area (Å²) < 4.78 is 0. The third-order valence-electron chi connectivity index (χ3n) is 8.27. The highest BCUT2D eigenvalue weighted by molar-refractivity contribution is 6.02. The molecular formula is C24H30N8O5. The summed E-state index contributed by atoms with van der Waals surface area (Å²) in [6, 6.07) is 2.54. The first-order chi connectivity index (χ1) is 17.6. The minimum atomic E-state index is -2.59. The third-order valence-corrected chi connectivity index (χ3v) is 8.27. The second-order valence-electron chi connectivity index (χ2n) is 10.3. The van der Waals surface area contributed by atoms with Crippen LogP contribution < -0.4 is 22.1 Å². The normalized spacial score (nSPS) is 31.8. The average Bonchev–Trinajstić information content (AvgIpc) is 3.46. The number of rotatable bonds is 4. The number of nitrogens with zero attached hydrogens (tertiary/aromatic N) is 4. The van der Waals surface area contributed by atoms with E-state index < -0.39 is 35.5 Å². The van der Waals surface area contributed by atoms with Crippen LogP contribution in [0.2, 0.25) is 0 Å². The Kier molecular flexibility index (Phi) is 5.21. The van der Waals surface area contributed by atoms with E-state index >= 15 is 0 Å². The van der Waals surface area contributed by atoms with Crippen LogP contribution in [0.5, 0.6) is 0 Å². The molecule has 4 atom stereocenters. The fourth-order valence-electron chi connectivity index (χ4n) is 6.48. The highest BCUT2D eigenvalue weighted by atomic mass is 16.5. The summed E-state index contributed by atoms with van der Waals surface area (Å²) in [4.78, 5) is 49.3. The van der Waals surface area contributed by atoms with Crippen LogP contribution in [0.4, 0.5) is 0 Å². The van der Waals surface area contributed by atoms with Crippen molar-refractivity contribution in [3.05, 3.63) is 34.9 Å². The van der Waals surface area contributed by atoms with Gasteiger partial charge in [0.05, 0.1) is 12.6 Å². The van der Waals surface area contributed by atoms with Gasteiger partial charge in [-0.15, -0.1) is 0 Å². The van der Waals surface area contributed by atoms with Gasteiger partial charge in [-0.25, -0.2) is 9.98 Å². The fraction of sp³-hybridized carbons (Fsp3) is 0.542. The molecular weight excluding hydrogens is 480 g/mol. The number of guanidine groups is 2. The van der Waals surface area contributed by atoms with E-state index in [0.29, 0.717) is 5.56 Å². The molecule has 37 heavy (non-hydrogen) atoms. The molecule has 0 radical (unpaired) electrons. The van der Waals surface area contributed by atoms with Gasteiger partial charge in [0.2, 0.25) is 17.6 Å². The molecule has 0 bridgehead atoms. The van der Waals surface area contributed by atoms with Gasteiger partial charge in [-0.2, -0.15) is 0 Å². The molecule has 3 unspecified atom stereocenters. The number of amides is 3. The Morgan fingerprint density at radius 2 is 1.84 bits per heavy atom. The van der Waals surface area contributed by atoms with Gasteiger partial charge in [0.15, 0.2) is 17.6 Å². The molecule has 1 aromatic rings. The number of carbonyl (C=O) groups excluding carboxylic acids is 3. The second kappa shape index (κ2) is 8.15. The standard InChI is InChI=1S/C24H30N8O5/c25-21-29-19-15(10-31-17(33)8-9-18(31)34)27-22(26)32-11-16(24(36,37)23(19,32)30-21)28-20(35)14-7-3-5-12-4-1-2-6-13(12)14/h3,5,7,15-16,19,36-37H,1-2,4,6,8-11H2,(H2,26,27)(H,28,35)(H3,25,29,30)/t15-,16?,19?,23?/m0/s1. The predicted molar refractivity (Wildman–Crippen MR) is 131 cm³/mol. The lowest BCUT2D eigenvalue weighted by atomic mass is 9.84. The van der Waals surface area contributed by atoms with Crippen LogP contribution in [0.3, 0.4) is 0 Å². The topological polar surface area (TPSA) is 199 Å². The molecule has 6 rings (SSSR count). The van der Waals surface area contributed by atoms with Gasteiger partial charge in [-0.3, -0.25) is 19.3 Å². The maximum atomic E-state index is 13.4. The van der Waals surface area contributed by atoms with E-state index in [-0.39, 0.29) is 49.7 Å². The van der Waals surface area contributed by atoms with Crippen molar-refractivity contribution in [3.8, 4) is 0 Å². The van der Waals surface area contributed by atoms with E-state index in [9.17, 15) is 24.6 Å². The fourth-order valence-corrected chi connectivity index (χ4v) is 6.48. The maximum Gasteiger partial charge on any atom is 0.252 e. The predicted octanol–water partition coefficient (Wildman–Crippen LogP) is -2.51. The highest BCUT2D eigenvalue weighted by Crippen LogP contribution is 2.45. The average molecular weight is 511 g/mol. The molecule has 4 aliphatic heterocycles. The molecule has 3 amide bonds. The largest absolute Gasteiger partial charge is 0.370 e. The van der Waals surface area contributed by atoms with Gasteiger partial charge in [0.1, 0.15) is 12.1 Å². The van der Waals surface area contributed by atoms with Crippen molar-refractivity contribution >= 4 is 29.6 Å². The van der Waals surface area contributed by atoms with Crippen LogP contribution >= 0.6 is 0 Å². The zero-order chi connectivity index (χ0) is 26.1. The summed E-state index contributed by atoms with van der Waals surface area (Å²) in [5, 5.41) is 28.9. The van der Waals surface area contributed by atoms with E-state index in [0.717, 1.165) is 41.7 Å². The number of hydrogen-bond acceptors (Lipinski definition) is 11.